The number of carbonyl (C=O) groups excluding carboxylic acids is 4. The van der Waals surface area contributed by atoms with Crippen LogP contribution in [0.5, 0.6) is 0 Å². The topological polar surface area (TPSA) is 114 Å². The van der Waals surface area contributed by atoms with Gasteiger partial charge in [-0.1, -0.05) is 105 Å². The molecule has 1 saturated heterocycles. The number of Topliss-reactive ketones (excluding diaryl/α,β-unsaturated/α-hetero) is 1. The Balaban J connectivity index is 1.54. The van der Waals surface area contributed by atoms with Crippen molar-refractivity contribution in [3.8, 4) is 0 Å². The van der Waals surface area contributed by atoms with Crippen molar-refractivity contribution in [2.45, 2.75) is 50.9 Å². The third-order valence-corrected chi connectivity index (χ3v) is 6.80. The van der Waals surface area contributed by atoms with Crippen LogP contribution in [0.25, 0.3) is 0 Å². The van der Waals surface area contributed by atoms with Crippen molar-refractivity contribution in [3.05, 3.63) is 108 Å². The first kappa shape index (κ1) is 27.6. The lowest BCUT2D eigenvalue weighted by Gasteiger charge is -2.30. The fraction of sp³-hybridized carbons (Fsp3) is 0.290. The third kappa shape index (κ3) is 6.71. The number of ether oxygens (including phenoxy) is 1. The molecule has 1 aliphatic rings. The van der Waals surface area contributed by atoms with Crippen molar-refractivity contribution in [3.63, 3.8) is 0 Å². The summed E-state index contributed by atoms with van der Waals surface area (Å²) in [6.45, 7) is 3.57. The van der Waals surface area contributed by atoms with Crippen LogP contribution in [0.3, 0.4) is 0 Å². The Hall–Kier alpha value is -4.46. The summed E-state index contributed by atoms with van der Waals surface area (Å²) in [6, 6.07) is 25.8. The molecule has 3 aromatic carbocycles. The van der Waals surface area contributed by atoms with Gasteiger partial charge in [0.25, 0.3) is 5.91 Å². The molecule has 202 valence electrons. The molecule has 39 heavy (non-hydrogen) atoms. The quantitative estimate of drug-likeness (QED) is 0.350. The molecule has 0 radical (unpaired) electrons. The van der Waals surface area contributed by atoms with E-state index < -0.39 is 41.3 Å². The van der Waals surface area contributed by atoms with Crippen LogP contribution in [-0.4, -0.2) is 41.3 Å². The lowest BCUT2D eigenvalue weighted by atomic mass is 9.84. The first-order valence-electron chi connectivity index (χ1n) is 13.0. The molecule has 3 amide bonds. The predicted octanol–water partition coefficient (Wildman–Crippen LogP) is 3.35. The Morgan fingerprint density at radius 3 is 1.95 bits per heavy atom. The van der Waals surface area contributed by atoms with Crippen LogP contribution in [-0.2, 0) is 38.6 Å². The van der Waals surface area contributed by atoms with Crippen LogP contribution < -0.4 is 16.0 Å². The van der Waals surface area contributed by atoms with E-state index in [1.165, 1.54) is 0 Å². The molecule has 3 aromatic rings. The molecule has 0 saturated carbocycles. The summed E-state index contributed by atoms with van der Waals surface area (Å²) < 4.78 is 5.30. The van der Waals surface area contributed by atoms with Crippen molar-refractivity contribution in [2.24, 2.45) is 5.92 Å². The molecule has 0 aliphatic carbocycles. The van der Waals surface area contributed by atoms with Gasteiger partial charge in [-0.25, -0.2) is 4.79 Å². The fourth-order valence-corrected chi connectivity index (χ4v) is 4.70. The van der Waals surface area contributed by atoms with Crippen molar-refractivity contribution in [1.29, 1.82) is 0 Å². The second-order valence-corrected chi connectivity index (χ2v) is 10.1. The van der Waals surface area contributed by atoms with Gasteiger partial charge in [-0.05, 0) is 29.0 Å². The van der Waals surface area contributed by atoms with E-state index in [-0.39, 0.29) is 18.9 Å². The highest BCUT2D eigenvalue weighted by atomic mass is 16.5. The number of carbonyl (C=O) groups is 4. The molecule has 8 heteroatoms. The highest BCUT2D eigenvalue weighted by molar-refractivity contribution is 6.20. The van der Waals surface area contributed by atoms with E-state index in [1.807, 2.05) is 78.9 Å². The molecular formula is C31H33N3O5. The summed E-state index contributed by atoms with van der Waals surface area (Å²) in [4.78, 5) is 53.5. The number of ketones is 1. The van der Waals surface area contributed by atoms with E-state index >= 15 is 0 Å². The monoisotopic (exact) mass is 527 g/mol. The van der Waals surface area contributed by atoms with Crippen LogP contribution in [0.1, 0.15) is 30.5 Å². The maximum atomic E-state index is 13.8. The SMILES string of the molecule is CC(C)[C@H](NC(=O)OCc1ccccc1)C(=O)N[C@]1(Cc2ccccc2)C(=O)N[C@H](Cc2ccccc2)C1=O. The number of nitrogens with one attached hydrogen (secondary N) is 3. The standard InChI is InChI=1S/C31H33N3O5/c1-21(2)26(33-30(38)39-20-24-16-10-5-11-17-24)28(36)34-31(19-23-14-8-4-9-15-23)27(35)25(32-29(31)37)18-22-12-6-3-7-13-22/h3-17,21,25-26H,18-20H2,1-2H3,(H,32,37)(H,33,38)(H,34,36)/t25-,26+,31+/m1/s1. The van der Waals surface area contributed by atoms with E-state index in [1.54, 1.807) is 26.0 Å². The second kappa shape index (κ2) is 12.4. The van der Waals surface area contributed by atoms with E-state index in [2.05, 4.69) is 16.0 Å². The molecule has 8 nitrogen and oxygen atoms in total. The van der Waals surface area contributed by atoms with E-state index in [0.29, 0.717) is 6.42 Å². The van der Waals surface area contributed by atoms with E-state index in [4.69, 9.17) is 4.74 Å². The number of alkyl carbamates (subject to hydrolysis) is 1. The van der Waals surface area contributed by atoms with Gasteiger partial charge in [0, 0.05) is 6.42 Å². The highest BCUT2D eigenvalue weighted by Gasteiger charge is 2.56. The van der Waals surface area contributed by atoms with Crippen LogP contribution in [0.2, 0.25) is 0 Å². The van der Waals surface area contributed by atoms with Crippen molar-refractivity contribution < 1.29 is 23.9 Å². The van der Waals surface area contributed by atoms with Gasteiger partial charge in [-0.2, -0.15) is 0 Å². The van der Waals surface area contributed by atoms with Gasteiger partial charge in [0.15, 0.2) is 11.3 Å². The molecule has 0 spiro atoms. The van der Waals surface area contributed by atoms with Crippen molar-refractivity contribution >= 4 is 23.7 Å². The van der Waals surface area contributed by atoms with Gasteiger partial charge in [0.2, 0.25) is 5.91 Å². The zero-order chi connectivity index (χ0) is 27.8. The summed E-state index contributed by atoms with van der Waals surface area (Å²) in [5, 5.41) is 8.15. The summed E-state index contributed by atoms with van der Waals surface area (Å²) in [5.41, 5.74) is 0.595. The zero-order valence-corrected chi connectivity index (χ0v) is 22.1. The minimum absolute atomic E-state index is 0.0151. The Morgan fingerprint density at radius 2 is 1.38 bits per heavy atom. The fourth-order valence-electron chi connectivity index (χ4n) is 4.70. The Labute approximate surface area is 228 Å². The molecule has 3 atom stereocenters. The average Bonchev–Trinajstić information content (AvgIpc) is 3.15. The van der Waals surface area contributed by atoms with Crippen molar-refractivity contribution in [1.82, 2.24) is 16.0 Å². The number of hydrogen-bond donors (Lipinski definition) is 3. The van der Waals surface area contributed by atoms with Crippen LogP contribution >= 0.6 is 0 Å². The van der Waals surface area contributed by atoms with E-state index in [9.17, 15) is 19.2 Å². The summed E-state index contributed by atoms with van der Waals surface area (Å²) in [6.07, 6.45) is -0.483. The molecule has 0 aromatic heterocycles. The number of hydrogen-bond acceptors (Lipinski definition) is 5. The molecule has 3 N–H and O–H groups in total. The van der Waals surface area contributed by atoms with Gasteiger partial charge in [-0.3, -0.25) is 14.4 Å². The van der Waals surface area contributed by atoms with Crippen LogP contribution in [0.4, 0.5) is 4.79 Å². The lowest BCUT2D eigenvalue weighted by Crippen LogP contribution is -2.64. The highest BCUT2D eigenvalue weighted by Crippen LogP contribution is 2.25. The largest absolute Gasteiger partial charge is 0.445 e. The average molecular weight is 528 g/mol. The van der Waals surface area contributed by atoms with Crippen LogP contribution in [0.15, 0.2) is 91.0 Å². The van der Waals surface area contributed by atoms with Crippen molar-refractivity contribution in [2.75, 3.05) is 0 Å². The summed E-state index contributed by atoms with van der Waals surface area (Å²) >= 11 is 0. The molecule has 1 aliphatic heterocycles. The van der Waals surface area contributed by atoms with Gasteiger partial charge in [-0.15, -0.1) is 0 Å². The summed E-state index contributed by atoms with van der Waals surface area (Å²) in [7, 11) is 0. The molecule has 0 bridgehead atoms. The van der Waals surface area contributed by atoms with Gasteiger partial charge < -0.3 is 20.7 Å². The second-order valence-electron chi connectivity index (χ2n) is 10.1. The number of benzene rings is 3. The Kier molecular flexibility index (Phi) is 8.76. The first-order chi connectivity index (χ1) is 18.8. The van der Waals surface area contributed by atoms with E-state index in [0.717, 1.165) is 16.7 Å². The minimum atomic E-state index is -1.82. The maximum absolute atomic E-state index is 13.8. The predicted molar refractivity (Wildman–Crippen MR) is 146 cm³/mol. The maximum Gasteiger partial charge on any atom is 0.408 e. The Morgan fingerprint density at radius 1 is 0.846 bits per heavy atom. The first-order valence-corrected chi connectivity index (χ1v) is 13.0. The molecule has 4 rings (SSSR count). The van der Waals surface area contributed by atoms with Gasteiger partial charge >= 0.3 is 6.09 Å². The molecule has 0 unspecified atom stereocenters. The lowest BCUT2D eigenvalue weighted by molar-refractivity contribution is -0.138. The van der Waals surface area contributed by atoms with Gasteiger partial charge in [0.1, 0.15) is 12.6 Å². The smallest absolute Gasteiger partial charge is 0.408 e. The zero-order valence-electron chi connectivity index (χ0n) is 22.1. The number of amides is 3. The molecule has 1 heterocycles. The minimum Gasteiger partial charge on any atom is -0.445 e. The molecular weight excluding hydrogens is 494 g/mol. The summed E-state index contributed by atoms with van der Waals surface area (Å²) in [5.74, 6) is -1.97. The third-order valence-electron chi connectivity index (χ3n) is 6.80. The number of rotatable bonds is 10. The van der Waals surface area contributed by atoms with Gasteiger partial charge in [0.05, 0.1) is 6.04 Å². The normalized spacial score (nSPS) is 19.3. The Bertz CT molecular complexity index is 1300. The molecule has 1 fully saturated rings. The van der Waals surface area contributed by atoms with Crippen LogP contribution in [0, 0.1) is 5.92 Å².